The lowest BCUT2D eigenvalue weighted by atomic mass is 10.2. The lowest BCUT2D eigenvalue weighted by Crippen LogP contribution is -2.35. The number of likely N-dealkylation sites (tertiary alicyclic amines) is 1. The van der Waals surface area contributed by atoms with Gasteiger partial charge in [-0.1, -0.05) is 0 Å². The van der Waals surface area contributed by atoms with Gasteiger partial charge in [-0.2, -0.15) is 0 Å². The summed E-state index contributed by atoms with van der Waals surface area (Å²) in [6, 6.07) is 0. The molecule has 0 aromatic carbocycles. The zero-order valence-electron chi connectivity index (χ0n) is 12.9. The summed E-state index contributed by atoms with van der Waals surface area (Å²) < 4.78 is 30.2. The molecule has 0 spiro atoms. The number of hydrogen-bond acceptors (Lipinski definition) is 5. The Hall–Kier alpha value is -1.57. The Bertz CT molecular complexity index is 559. The third kappa shape index (κ3) is 4.72. The molecule has 1 amide bonds. The fraction of sp³-hybridized carbons (Fsp3) is 0.643. The van der Waals surface area contributed by atoms with Crippen LogP contribution in [0.2, 0.25) is 0 Å². The van der Waals surface area contributed by atoms with Gasteiger partial charge in [0.15, 0.2) is 5.82 Å². The molecule has 2 unspecified atom stereocenters. The van der Waals surface area contributed by atoms with Gasteiger partial charge in [0.2, 0.25) is 5.16 Å². The van der Waals surface area contributed by atoms with Gasteiger partial charge in [-0.15, -0.1) is 0 Å². The van der Waals surface area contributed by atoms with Crippen LogP contribution in [0.4, 0.5) is 9.18 Å². The van der Waals surface area contributed by atoms with Gasteiger partial charge in [-0.3, -0.25) is 4.21 Å². The van der Waals surface area contributed by atoms with Crippen molar-refractivity contribution in [1.82, 2.24) is 14.9 Å². The molecule has 0 bridgehead atoms. The van der Waals surface area contributed by atoms with E-state index in [1.54, 1.807) is 4.90 Å². The van der Waals surface area contributed by atoms with Gasteiger partial charge in [-0.25, -0.2) is 19.2 Å². The summed E-state index contributed by atoms with van der Waals surface area (Å²) in [6.45, 7) is 6.54. The quantitative estimate of drug-likeness (QED) is 0.793. The Balaban J connectivity index is 1.87. The number of rotatable bonds is 3. The number of amides is 1. The first-order chi connectivity index (χ1) is 10.2. The van der Waals surface area contributed by atoms with Gasteiger partial charge >= 0.3 is 6.09 Å². The number of halogens is 1. The molecule has 22 heavy (non-hydrogen) atoms. The highest BCUT2D eigenvalue weighted by Crippen LogP contribution is 2.21. The van der Waals surface area contributed by atoms with E-state index in [0.717, 1.165) is 18.8 Å². The number of carbonyl (C=O) groups is 1. The van der Waals surface area contributed by atoms with Crippen molar-refractivity contribution in [2.75, 3.05) is 18.8 Å². The molecule has 6 nitrogen and oxygen atoms in total. The van der Waals surface area contributed by atoms with Crippen molar-refractivity contribution in [3.63, 3.8) is 0 Å². The maximum absolute atomic E-state index is 12.7. The summed E-state index contributed by atoms with van der Waals surface area (Å²) >= 11 is 0. The second-order valence-electron chi connectivity index (χ2n) is 6.28. The summed E-state index contributed by atoms with van der Waals surface area (Å²) in [6.07, 6.45) is 2.41. The van der Waals surface area contributed by atoms with Crippen molar-refractivity contribution >= 4 is 16.9 Å². The Labute approximate surface area is 131 Å². The van der Waals surface area contributed by atoms with Crippen molar-refractivity contribution < 1.29 is 18.1 Å². The fourth-order valence-corrected chi connectivity index (χ4v) is 3.36. The summed E-state index contributed by atoms with van der Waals surface area (Å²) in [7, 11) is -1.40. The van der Waals surface area contributed by atoms with E-state index in [2.05, 4.69) is 9.97 Å². The van der Waals surface area contributed by atoms with Crippen LogP contribution in [0.3, 0.4) is 0 Å². The van der Waals surface area contributed by atoms with E-state index in [4.69, 9.17) is 4.74 Å². The molecule has 2 rings (SSSR count). The summed E-state index contributed by atoms with van der Waals surface area (Å²) in [4.78, 5) is 21.0. The van der Waals surface area contributed by atoms with E-state index >= 15 is 0 Å². The van der Waals surface area contributed by atoms with Crippen molar-refractivity contribution in [2.45, 2.75) is 37.9 Å². The first-order valence-corrected chi connectivity index (χ1v) is 8.40. The minimum Gasteiger partial charge on any atom is -0.444 e. The highest BCUT2D eigenvalue weighted by atomic mass is 32.2. The molecule has 8 heteroatoms. The largest absolute Gasteiger partial charge is 0.444 e. The van der Waals surface area contributed by atoms with Crippen molar-refractivity contribution in [3.05, 3.63) is 18.2 Å². The molecule has 0 aliphatic carbocycles. The zero-order chi connectivity index (χ0) is 16.3. The van der Waals surface area contributed by atoms with E-state index in [1.807, 2.05) is 20.8 Å². The van der Waals surface area contributed by atoms with Crippen molar-refractivity contribution in [2.24, 2.45) is 5.92 Å². The second-order valence-corrected chi connectivity index (χ2v) is 7.67. The van der Waals surface area contributed by atoms with E-state index < -0.39 is 22.2 Å². The van der Waals surface area contributed by atoms with Crippen molar-refractivity contribution in [3.8, 4) is 0 Å². The van der Waals surface area contributed by atoms with Crippen LogP contribution in [0.5, 0.6) is 0 Å². The molecule has 1 aliphatic heterocycles. The van der Waals surface area contributed by atoms with Crippen LogP contribution >= 0.6 is 0 Å². The molecule has 2 atom stereocenters. The highest BCUT2D eigenvalue weighted by molar-refractivity contribution is 7.84. The smallest absolute Gasteiger partial charge is 0.410 e. The first-order valence-electron chi connectivity index (χ1n) is 7.08. The standard InChI is InChI=1S/C14H20FN3O3S/c1-14(2,3)21-13(19)18-5-4-10(8-18)9-22(20)12-16-6-11(15)7-17-12/h6-7,10H,4-5,8-9H2,1-3H3. The zero-order valence-corrected chi connectivity index (χ0v) is 13.7. The molecule has 1 aliphatic rings. The number of nitrogens with zero attached hydrogens (tertiary/aromatic N) is 3. The highest BCUT2D eigenvalue weighted by Gasteiger charge is 2.31. The SMILES string of the molecule is CC(C)(C)OC(=O)N1CCC(CS(=O)c2ncc(F)cn2)C1. The van der Waals surface area contributed by atoms with Crippen molar-refractivity contribution in [1.29, 1.82) is 0 Å². The van der Waals surface area contributed by atoms with Gasteiger partial charge in [0.1, 0.15) is 5.60 Å². The van der Waals surface area contributed by atoms with E-state index in [0.29, 0.717) is 18.8 Å². The first kappa shape index (κ1) is 16.8. The maximum Gasteiger partial charge on any atom is 0.410 e. The normalized spacial score (nSPS) is 20.0. The van der Waals surface area contributed by atoms with E-state index in [1.165, 1.54) is 0 Å². The number of ether oxygens (including phenoxy) is 1. The van der Waals surface area contributed by atoms with Gasteiger partial charge in [0.25, 0.3) is 0 Å². The third-order valence-corrected chi connectivity index (χ3v) is 4.52. The molecule has 1 aromatic rings. The van der Waals surface area contributed by atoms with Crippen LogP contribution in [0.15, 0.2) is 17.6 Å². The van der Waals surface area contributed by atoms with Gasteiger partial charge in [0.05, 0.1) is 23.2 Å². The Kier molecular flexibility index (Phi) is 5.10. The number of hydrogen-bond donors (Lipinski definition) is 0. The van der Waals surface area contributed by atoms with Crippen LogP contribution in [0.25, 0.3) is 0 Å². The van der Waals surface area contributed by atoms with E-state index in [-0.39, 0.29) is 17.2 Å². The molecule has 0 radical (unpaired) electrons. The summed E-state index contributed by atoms with van der Waals surface area (Å²) in [5.74, 6) is -0.106. The van der Waals surface area contributed by atoms with Crippen LogP contribution < -0.4 is 0 Å². The minimum absolute atomic E-state index is 0.0991. The molecule has 0 saturated carbocycles. The average molecular weight is 329 g/mol. The monoisotopic (exact) mass is 329 g/mol. The Morgan fingerprint density at radius 1 is 1.45 bits per heavy atom. The molecular formula is C14H20FN3O3S. The number of aromatic nitrogens is 2. The topological polar surface area (TPSA) is 72.4 Å². The molecule has 1 aromatic heterocycles. The fourth-order valence-electron chi connectivity index (χ4n) is 2.17. The number of carbonyl (C=O) groups excluding carboxylic acids is 1. The third-order valence-electron chi connectivity index (χ3n) is 3.12. The van der Waals surface area contributed by atoms with Crippen LogP contribution in [0.1, 0.15) is 27.2 Å². The lowest BCUT2D eigenvalue weighted by molar-refractivity contribution is 0.0289. The second kappa shape index (κ2) is 6.68. The molecule has 2 heterocycles. The molecule has 0 N–H and O–H groups in total. The molecular weight excluding hydrogens is 309 g/mol. The maximum atomic E-state index is 12.7. The van der Waals surface area contributed by atoms with Gasteiger partial charge in [-0.05, 0) is 33.1 Å². The average Bonchev–Trinajstić information content (AvgIpc) is 2.86. The predicted molar refractivity (Wildman–Crippen MR) is 79.2 cm³/mol. The summed E-state index contributed by atoms with van der Waals surface area (Å²) in [5, 5.41) is 0.122. The minimum atomic E-state index is -1.40. The van der Waals surface area contributed by atoms with Crippen LogP contribution in [-0.4, -0.2) is 49.6 Å². The van der Waals surface area contributed by atoms with Gasteiger partial charge < -0.3 is 9.64 Å². The van der Waals surface area contributed by atoms with Crippen LogP contribution in [-0.2, 0) is 15.5 Å². The Morgan fingerprint density at radius 3 is 2.68 bits per heavy atom. The summed E-state index contributed by atoms with van der Waals surface area (Å²) in [5.41, 5.74) is -0.528. The Morgan fingerprint density at radius 2 is 2.09 bits per heavy atom. The molecule has 122 valence electrons. The molecule has 1 saturated heterocycles. The molecule has 1 fully saturated rings. The van der Waals surface area contributed by atoms with Gasteiger partial charge in [0, 0.05) is 18.8 Å². The lowest BCUT2D eigenvalue weighted by Gasteiger charge is -2.24. The van der Waals surface area contributed by atoms with E-state index in [9.17, 15) is 13.4 Å². The predicted octanol–water partition coefficient (Wildman–Crippen LogP) is 1.98. The van der Waals surface area contributed by atoms with Crippen LogP contribution in [0, 0.1) is 11.7 Å².